The topological polar surface area (TPSA) is 85.7 Å². The SMILES string of the molecule is C=C1C[C@](O)(C(=O)O)c2ccc3c(c2)N(C[C@@H]2CC[C@H]2[C@@H](OCCN2CC(F)(F)C2)/C=C/CCN1C)C[C@@]1(CCCc2cc(Cl)ccc21)CO3. The minimum absolute atomic E-state index is 0.158. The highest BCUT2D eigenvalue weighted by Gasteiger charge is 2.47. The van der Waals surface area contributed by atoms with E-state index in [0.717, 1.165) is 37.8 Å². The predicted molar refractivity (Wildman–Crippen MR) is 189 cm³/mol. The number of halogens is 3. The van der Waals surface area contributed by atoms with Crippen molar-refractivity contribution < 1.29 is 33.3 Å². The van der Waals surface area contributed by atoms with E-state index < -0.39 is 17.5 Å². The summed E-state index contributed by atoms with van der Waals surface area (Å²) in [7, 11) is 1.85. The fraction of sp³-hybridized carbons (Fsp3) is 0.564. The Labute approximate surface area is 298 Å². The van der Waals surface area contributed by atoms with E-state index in [4.69, 9.17) is 21.1 Å². The molecular weight excluding hydrogens is 664 g/mol. The third kappa shape index (κ3) is 6.88. The number of carboxylic acids is 1. The molecule has 2 aromatic rings. The molecule has 0 unspecified atom stereocenters. The number of fused-ring (bicyclic) bond motifs is 4. The van der Waals surface area contributed by atoms with Crippen molar-refractivity contribution in [2.24, 2.45) is 11.8 Å². The Morgan fingerprint density at radius 2 is 1.98 bits per heavy atom. The van der Waals surface area contributed by atoms with Crippen LogP contribution in [-0.4, -0.2) is 97.5 Å². The number of rotatable bonds is 5. The summed E-state index contributed by atoms with van der Waals surface area (Å²) in [5.74, 6) is -2.78. The van der Waals surface area contributed by atoms with Gasteiger partial charge in [0.1, 0.15) is 5.75 Å². The third-order valence-corrected chi connectivity index (χ3v) is 12.0. The Morgan fingerprint density at radius 1 is 1.16 bits per heavy atom. The molecular formula is C39H48ClF2N3O5. The standard InChI is InChI=1S/C39H48ClF2N3O5/c1-26-20-39(48,36(46)47)29-9-13-35-33(19-29)45(22-37(25-50-35)14-5-6-27-18-30(40)10-12-32(27)37)21-28-8-11-31(28)34(7-3-4-15-43(26)2)49-17-16-44-23-38(41,42)24-44/h3,7,9-10,12-13,18-19,28,31,34,48H,1,4-6,8,11,14-17,20-25H2,2H3,(H,46,47)/b7-3+/t28-,31+,34-,37-,39+/m0/s1. The Bertz CT molecular complexity index is 1650. The van der Waals surface area contributed by atoms with Crippen LogP contribution in [0.5, 0.6) is 5.75 Å². The van der Waals surface area contributed by atoms with Crippen molar-refractivity contribution in [1.29, 1.82) is 0 Å². The molecule has 11 heteroatoms. The number of aliphatic carboxylic acids is 1. The van der Waals surface area contributed by atoms with E-state index in [-0.39, 0.29) is 48.4 Å². The summed E-state index contributed by atoms with van der Waals surface area (Å²) in [5.41, 5.74) is 1.53. The molecule has 1 saturated heterocycles. The second kappa shape index (κ2) is 13.7. The maximum absolute atomic E-state index is 13.5. The first kappa shape index (κ1) is 35.2. The maximum Gasteiger partial charge on any atom is 0.340 e. The van der Waals surface area contributed by atoms with Crippen LogP contribution >= 0.6 is 11.6 Å². The summed E-state index contributed by atoms with van der Waals surface area (Å²) in [6, 6.07) is 11.4. The van der Waals surface area contributed by atoms with E-state index in [1.165, 1.54) is 11.1 Å². The largest absolute Gasteiger partial charge is 0.490 e. The lowest BCUT2D eigenvalue weighted by Gasteiger charge is -2.46. The zero-order valence-electron chi connectivity index (χ0n) is 28.8. The first-order chi connectivity index (χ1) is 23.9. The van der Waals surface area contributed by atoms with Crippen molar-refractivity contribution in [3.05, 3.63) is 82.5 Å². The minimum Gasteiger partial charge on any atom is -0.490 e. The molecule has 2 aliphatic carbocycles. The molecule has 270 valence electrons. The van der Waals surface area contributed by atoms with Gasteiger partial charge >= 0.3 is 5.97 Å². The molecule has 1 saturated carbocycles. The molecule has 3 heterocycles. The molecule has 2 aromatic carbocycles. The van der Waals surface area contributed by atoms with E-state index in [2.05, 4.69) is 35.8 Å². The summed E-state index contributed by atoms with van der Waals surface area (Å²) in [6.07, 6.45) is 9.42. The molecule has 0 radical (unpaired) electrons. The minimum atomic E-state index is -2.60. The average molecular weight is 712 g/mol. The molecule has 3 aliphatic heterocycles. The van der Waals surface area contributed by atoms with Crippen molar-refractivity contribution in [1.82, 2.24) is 9.80 Å². The number of benzene rings is 2. The number of carbonyl (C=O) groups is 1. The van der Waals surface area contributed by atoms with Crippen molar-refractivity contribution in [2.45, 2.75) is 68.0 Å². The predicted octanol–water partition coefficient (Wildman–Crippen LogP) is 6.24. The van der Waals surface area contributed by atoms with Crippen LogP contribution in [0.2, 0.25) is 5.02 Å². The van der Waals surface area contributed by atoms with Gasteiger partial charge in [-0.25, -0.2) is 13.6 Å². The van der Waals surface area contributed by atoms with Gasteiger partial charge in [0.15, 0.2) is 5.60 Å². The molecule has 0 aromatic heterocycles. The van der Waals surface area contributed by atoms with Crippen molar-refractivity contribution in [2.75, 3.05) is 64.4 Å². The second-order valence-corrected chi connectivity index (χ2v) is 15.7. The normalized spacial score (nSPS) is 31.8. The van der Waals surface area contributed by atoms with E-state index in [9.17, 15) is 23.8 Å². The first-order valence-electron chi connectivity index (χ1n) is 17.9. The third-order valence-electron chi connectivity index (χ3n) is 11.8. The van der Waals surface area contributed by atoms with E-state index in [1.807, 2.05) is 18.0 Å². The monoisotopic (exact) mass is 711 g/mol. The number of carboxylic acid groups (broad SMARTS) is 1. The van der Waals surface area contributed by atoms with Gasteiger partial charge in [-0.2, -0.15) is 0 Å². The number of anilines is 1. The summed E-state index contributed by atoms with van der Waals surface area (Å²) in [5, 5.41) is 23.0. The first-order valence-corrected chi connectivity index (χ1v) is 18.3. The van der Waals surface area contributed by atoms with Gasteiger partial charge in [0.25, 0.3) is 5.92 Å². The van der Waals surface area contributed by atoms with Crippen LogP contribution in [0.4, 0.5) is 14.5 Å². The molecule has 8 nitrogen and oxygen atoms in total. The molecule has 5 atom stereocenters. The fourth-order valence-corrected chi connectivity index (χ4v) is 8.90. The summed E-state index contributed by atoms with van der Waals surface area (Å²) >= 11 is 6.45. The second-order valence-electron chi connectivity index (χ2n) is 15.2. The summed E-state index contributed by atoms with van der Waals surface area (Å²) in [4.78, 5) is 18.8. The van der Waals surface area contributed by atoms with Crippen LogP contribution in [0.25, 0.3) is 0 Å². The van der Waals surface area contributed by atoms with E-state index >= 15 is 0 Å². The molecule has 50 heavy (non-hydrogen) atoms. The zero-order chi connectivity index (χ0) is 35.3. The highest BCUT2D eigenvalue weighted by Crippen LogP contribution is 2.48. The molecule has 1 spiro atoms. The Morgan fingerprint density at radius 3 is 2.72 bits per heavy atom. The van der Waals surface area contributed by atoms with Gasteiger partial charge in [0, 0.05) is 55.8 Å². The van der Waals surface area contributed by atoms with Gasteiger partial charge in [-0.1, -0.05) is 42.5 Å². The van der Waals surface area contributed by atoms with Gasteiger partial charge in [0.05, 0.1) is 38.1 Å². The van der Waals surface area contributed by atoms with E-state index in [1.54, 1.807) is 23.1 Å². The highest BCUT2D eigenvalue weighted by molar-refractivity contribution is 6.30. The molecule has 5 aliphatic rings. The van der Waals surface area contributed by atoms with Crippen LogP contribution < -0.4 is 9.64 Å². The van der Waals surface area contributed by atoms with Gasteiger partial charge in [0.2, 0.25) is 0 Å². The summed E-state index contributed by atoms with van der Waals surface area (Å²) < 4.78 is 40.1. The Balaban J connectivity index is 1.25. The van der Waals surface area contributed by atoms with Crippen LogP contribution in [0, 0.1) is 11.8 Å². The molecule has 2 bridgehead atoms. The van der Waals surface area contributed by atoms with E-state index in [0.29, 0.717) is 62.3 Å². The number of hydrogen-bond donors (Lipinski definition) is 2. The van der Waals surface area contributed by atoms with Crippen LogP contribution in [0.3, 0.4) is 0 Å². The van der Waals surface area contributed by atoms with Gasteiger partial charge in [-0.05, 0) is 91.3 Å². The lowest BCUT2D eigenvalue weighted by Crippen LogP contribution is -2.57. The van der Waals surface area contributed by atoms with Crippen molar-refractivity contribution >= 4 is 23.3 Å². The zero-order valence-corrected chi connectivity index (χ0v) is 29.5. The Hall–Kier alpha value is -3.18. The van der Waals surface area contributed by atoms with Crippen molar-refractivity contribution in [3.8, 4) is 5.75 Å². The van der Waals surface area contributed by atoms with Crippen LogP contribution in [0.15, 0.2) is 60.8 Å². The number of aliphatic hydroxyl groups is 1. The van der Waals surface area contributed by atoms with Crippen LogP contribution in [0.1, 0.15) is 55.2 Å². The lowest BCUT2D eigenvalue weighted by atomic mass is 9.68. The molecule has 2 N–H and O–H groups in total. The van der Waals surface area contributed by atoms with Crippen molar-refractivity contribution in [3.63, 3.8) is 0 Å². The smallest absolute Gasteiger partial charge is 0.340 e. The number of likely N-dealkylation sites (tertiary alicyclic amines) is 1. The average Bonchev–Trinajstić information content (AvgIpc) is 3.20. The lowest BCUT2D eigenvalue weighted by molar-refractivity contribution is -0.160. The van der Waals surface area contributed by atoms with Crippen LogP contribution in [-0.2, 0) is 27.0 Å². The number of aryl methyl sites for hydroxylation is 1. The highest BCUT2D eigenvalue weighted by atomic mass is 35.5. The number of hydrogen-bond acceptors (Lipinski definition) is 7. The summed E-state index contributed by atoms with van der Waals surface area (Å²) in [6.45, 7) is 6.97. The van der Waals surface area contributed by atoms with Gasteiger partial charge < -0.3 is 29.5 Å². The van der Waals surface area contributed by atoms with Gasteiger partial charge in [-0.15, -0.1) is 0 Å². The number of ether oxygens (including phenoxy) is 2. The fourth-order valence-electron chi connectivity index (χ4n) is 8.70. The number of nitrogens with zero attached hydrogens (tertiary/aromatic N) is 3. The Kier molecular flexibility index (Phi) is 9.69. The molecule has 2 fully saturated rings. The number of alkyl halides is 2. The molecule has 0 amide bonds. The molecule has 7 rings (SSSR count). The quantitative estimate of drug-likeness (QED) is 0.353. The maximum atomic E-state index is 13.5. The van der Waals surface area contributed by atoms with Gasteiger partial charge in [-0.3, -0.25) is 4.90 Å².